The minimum atomic E-state index is 0.118. The third-order valence-electron chi connectivity index (χ3n) is 4.74. The molecule has 1 amide bonds. The fourth-order valence-electron chi connectivity index (χ4n) is 3.31. The van der Waals surface area contributed by atoms with Gasteiger partial charge in [-0.1, -0.05) is 5.21 Å². The Morgan fingerprint density at radius 2 is 1.92 bits per heavy atom. The molecule has 0 saturated carbocycles. The fraction of sp³-hybridized carbons (Fsp3) is 0.500. The van der Waals surface area contributed by atoms with Gasteiger partial charge in [0.2, 0.25) is 5.91 Å². The molecule has 8 heteroatoms. The van der Waals surface area contributed by atoms with Gasteiger partial charge < -0.3 is 19.1 Å². The Labute approximate surface area is 152 Å². The molecule has 140 valence electrons. The summed E-state index contributed by atoms with van der Waals surface area (Å²) in [5, 5.41) is 7.87. The molecule has 1 fully saturated rings. The summed E-state index contributed by atoms with van der Waals surface area (Å²) in [4.78, 5) is 14.5. The van der Waals surface area contributed by atoms with E-state index in [0.717, 1.165) is 18.5 Å². The lowest BCUT2D eigenvalue weighted by molar-refractivity contribution is -0.130. The molecule has 0 aliphatic carbocycles. The lowest BCUT2D eigenvalue weighted by Gasteiger charge is -2.18. The number of methoxy groups -OCH3 is 3. The Morgan fingerprint density at radius 3 is 2.50 bits per heavy atom. The second-order valence-corrected chi connectivity index (χ2v) is 6.18. The SMILES string of the molecule is COc1cc(OC)c(CCC(=O)N2CCC(n3ccnn3)C2)c(OC)c1. The molecule has 0 radical (unpaired) electrons. The van der Waals surface area contributed by atoms with Gasteiger partial charge in [-0.25, -0.2) is 4.68 Å². The number of rotatable bonds is 7. The average molecular weight is 360 g/mol. The van der Waals surface area contributed by atoms with Crippen molar-refractivity contribution in [2.24, 2.45) is 0 Å². The molecule has 26 heavy (non-hydrogen) atoms. The van der Waals surface area contributed by atoms with Gasteiger partial charge in [0, 0.05) is 43.4 Å². The summed E-state index contributed by atoms with van der Waals surface area (Å²) in [7, 11) is 4.79. The summed E-state index contributed by atoms with van der Waals surface area (Å²) in [5.74, 6) is 2.10. The van der Waals surface area contributed by atoms with Crippen molar-refractivity contribution in [3.05, 3.63) is 30.1 Å². The Hall–Kier alpha value is -2.77. The molecule has 1 aromatic carbocycles. The van der Waals surface area contributed by atoms with Gasteiger partial charge in [0.15, 0.2) is 0 Å². The summed E-state index contributed by atoms with van der Waals surface area (Å²) < 4.78 is 18.0. The van der Waals surface area contributed by atoms with Crippen LogP contribution in [-0.2, 0) is 11.2 Å². The van der Waals surface area contributed by atoms with E-state index < -0.39 is 0 Å². The highest BCUT2D eigenvalue weighted by molar-refractivity contribution is 5.77. The van der Waals surface area contributed by atoms with Crippen molar-refractivity contribution in [3.8, 4) is 17.2 Å². The summed E-state index contributed by atoms with van der Waals surface area (Å²) in [6.45, 7) is 1.40. The molecule has 1 aliphatic rings. The quantitative estimate of drug-likeness (QED) is 0.748. The molecule has 2 heterocycles. The van der Waals surface area contributed by atoms with E-state index in [1.54, 1.807) is 39.7 Å². The number of aromatic nitrogens is 3. The molecule has 1 unspecified atom stereocenters. The van der Waals surface area contributed by atoms with Crippen LogP contribution < -0.4 is 14.2 Å². The minimum Gasteiger partial charge on any atom is -0.496 e. The molecule has 1 saturated heterocycles. The number of ether oxygens (including phenoxy) is 3. The van der Waals surface area contributed by atoms with Gasteiger partial charge in [-0.05, 0) is 12.8 Å². The number of carbonyl (C=O) groups is 1. The number of hydrogen-bond donors (Lipinski definition) is 0. The van der Waals surface area contributed by atoms with E-state index in [0.29, 0.717) is 36.6 Å². The first-order valence-corrected chi connectivity index (χ1v) is 8.58. The number of benzene rings is 1. The largest absolute Gasteiger partial charge is 0.496 e. The van der Waals surface area contributed by atoms with Crippen LogP contribution in [-0.4, -0.2) is 60.2 Å². The van der Waals surface area contributed by atoms with E-state index in [2.05, 4.69) is 10.3 Å². The van der Waals surface area contributed by atoms with Crippen LogP contribution >= 0.6 is 0 Å². The summed E-state index contributed by atoms with van der Waals surface area (Å²) in [6, 6.07) is 3.81. The van der Waals surface area contributed by atoms with Crippen molar-refractivity contribution in [1.82, 2.24) is 19.9 Å². The standard InChI is InChI=1S/C18H24N4O4/c1-24-14-10-16(25-2)15(17(11-14)26-3)4-5-18(23)21-8-6-13(12-21)22-9-7-19-20-22/h7,9-11,13H,4-6,8,12H2,1-3H3. The first-order valence-electron chi connectivity index (χ1n) is 8.58. The fourth-order valence-corrected chi connectivity index (χ4v) is 3.31. The normalized spacial score (nSPS) is 16.6. The predicted molar refractivity (Wildman–Crippen MR) is 94.7 cm³/mol. The average Bonchev–Trinajstić information content (AvgIpc) is 3.36. The third kappa shape index (κ3) is 3.74. The second-order valence-electron chi connectivity index (χ2n) is 6.18. The maximum Gasteiger partial charge on any atom is 0.222 e. The van der Waals surface area contributed by atoms with Gasteiger partial charge in [-0.15, -0.1) is 5.10 Å². The molecule has 3 rings (SSSR count). The summed E-state index contributed by atoms with van der Waals surface area (Å²) >= 11 is 0. The number of carbonyl (C=O) groups excluding carboxylic acids is 1. The third-order valence-corrected chi connectivity index (χ3v) is 4.74. The van der Waals surface area contributed by atoms with Gasteiger partial charge in [-0.3, -0.25) is 4.79 Å². The first kappa shape index (κ1) is 18.0. The van der Waals surface area contributed by atoms with E-state index in [1.807, 2.05) is 15.8 Å². The highest BCUT2D eigenvalue weighted by atomic mass is 16.5. The smallest absolute Gasteiger partial charge is 0.222 e. The van der Waals surface area contributed by atoms with E-state index in [1.165, 1.54) is 0 Å². The van der Waals surface area contributed by atoms with Crippen LogP contribution in [0, 0.1) is 0 Å². The summed E-state index contributed by atoms with van der Waals surface area (Å²) in [5.41, 5.74) is 0.871. The van der Waals surface area contributed by atoms with Crippen LogP contribution in [0.2, 0.25) is 0 Å². The van der Waals surface area contributed by atoms with Gasteiger partial charge in [0.05, 0.1) is 33.6 Å². The highest BCUT2D eigenvalue weighted by Gasteiger charge is 2.28. The molecule has 1 atom stereocenters. The zero-order valence-electron chi connectivity index (χ0n) is 15.3. The van der Waals surface area contributed by atoms with Gasteiger partial charge in [-0.2, -0.15) is 0 Å². The van der Waals surface area contributed by atoms with Crippen molar-refractivity contribution in [2.45, 2.75) is 25.3 Å². The van der Waals surface area contributed by atoms with E-state index in [-0.39, 0.29) is 11.9 Å². The second kappa shape index (κ2) is 8.07. The van der Waals surface area contributed by atoms with E-state index >= 15 is 0 Å². The molecule has 8 nitrogen and oxygen atoms in total. The summed E-state index contributed by atoms with van der Waals surface area (Å²) in [6.07, 6.45) is 5.32. The molecule has 2 aromatic rings. The lowest BCUT2D eigenvalue weighted by atomic mass is 10.1. The monoisotopic (exact) mass is 360 g/mol. The van der Waals surface area contributed by atoms with Crippen LogP contribution in [0.3, 0.4) is 0 Å². The maximum atomic E-state index is 12.6. The Morgan fingerprint density at radius 1 is 1.19 bits per heavy atom. The number of hydrogen-bond acceptors (Lipinski definition) is 6. The van der Waals surface area contributed by atoms with Crippen LogP contribution in [0.15, 0.2) is 24.5 Å². The van der Waals surface area contributed by atoms with E-state index in [9.17, 15) is 4.79 Å². The van der Waals surface area contributed by atoms with Crippen molar-refractivity contribution in [2.75, 3.05) is 34.4 Å². The van der Waals surface area contributed by atoms with Crippen LogP contribution in [0.5, 0.6) is 17.2 Å². The molecule has 1 aromatic heterocycles. The van der Waals surface area contributed by atoms with E-state index in [4.69, 9.17) is 14.2 Å². The molecule has 1 aliphatic heterocycles. The zero-order valence-corrected chi connectivity index (χ0v) is 15.3. The minimum absolute atomic E-state index is 0.118. The van der Waals surface area contributed by atoms with Gasteiger partial charge in [0.1, 0.15) is 17.2 Å². The molecule has 0 N–H and O–H groups in total. The Bertz CT molecular complexity index is 723. The molecular formula is C18H24N4O4. The number of nitrogens with zero attached hydrogens (tertiary/aromatic N) is 4. The van der Waals surface area contributed by atoms with Crippen LogP contribution in [0.1, 0.15) is 24.4 Å². The van der Waals surface area contributed by atoms with Crippen molar-refractivity contribution in [3.63, 3.8) is 0 Å². The predicted octanol–water partition coefficient (Wildman–Crippen LogP) is 1.71. The topological polar surface area (TPSA) is 78.7 Å². The first-order chi connectivity index (χ1) is 12.7. The molecular weight excluding hydrogens is 336 g/mol. The maximum absolute atomic E-state index is 12.6. The van der Waals surface area contributed by atoms with Crippen molar-refractivity contribution in [1.29, 1.82) is 0 Å². The van der Waals surface area contributed by atoms with Gasteiger partial charge in [0.25, 0.3) is 0 Å². The lowest BCUT2D eigenvalue weighted by Crippen LogP contribution is -2.29. The van der Waals surface area contributed by atoms with Crippen molar-refractivity contribution < 1.29 is 19.0 Å². The van der Waals surface area contributed by atoms with Crippen molar-refractivity contribution >= 4 is 5.91 Å². The zero-order chi connectivity index (χ0) is 18.5. The Balaban J connectivity index is 1.64. The van der Waals surface area contributed by atoms with Crippen LogP contribution in [0.25, 0.3) is 0 Å². The highest BCUT2D eigenvalue weighted by Crippen LogP contribution is 2.35. The van der Waals surface area contributed by atoms with Gasteiger partial charge >= 0.3 is 0 Å². The number of likely N-dealkylation sites (tertiary alicyclic amines) is 1. The number of amides is 1. The molecule has 0 bridgehead atoms. The Kier molecular flexibility index (Phi) is 5.60. The molecule has 0 spiro atoms. The van der Waals surface area contributed by atoms with Crippen LogP contribution in [0.4, 0.5) is 0 Å².